The van der Waals surface area contributed by atoms with E-state index < -0.39 is 5.82 Å². The van der Waals surface area contributed by atoms with E-state index in [2.05, 4.69) is 0 Å². The van der Waals surface area contributed by atoms with Gasteiger partial charge in [-0.25, -0.2) is 9.18 Å². The molecule has 1 aromatic rings. The molecule has 1 aliphatic heterocycles. The van der Waals surface area contributed by atoms with Crippen LogP contribution in [0.5, 0.6) is 0 Å². The number of aldehydes is 1. The number of carbonyl (C=O) groups excluding carboxylic acids is 2. The number of hydrogen-bond acceptors (Lipinski definition) is 2. The van der Waals surface area contributed by atoms with E-state index in [-0.39, 0.29) is 17.3 Å². The Morgan fingerprint density at radius 3 is 2.47 bits per heavy atom. The number of halogens is 1. The van der Waals surface area contributed by atoms with Gasteiger partial charge in [0.15, 0.2) is 0 Å². The van der Waals surface area contributed by atoms with E-state index in [1.54, 1.807) is 4.90 Å². The molecule has 0 atom stereocenters. The topological polar surface area (TPSA) is 40.6 Å². The molecule has 2 rings (SSSR count). The fourth-order valence-corrected chi connectivity index (χ4v) is 2.19. The Bertz CT molecular complexity index is 523. The maximum atomic E-state index is 13.8. The van der Waals surface area contributed by atoms with E-state index in [0.717, 1.165) is 0 Å². The van der Waals surface area contributed by atoms with Gasteiger partial charge in [-0.3, -0.25) is 9.69 Å². The van der Waals surface area contributed by atoms with E-state index >= 15 is 0 Å². The fourth-order valence-electron chi connectivity index (χ4n) is 2.19. The minimum Gasteiger partial charge on any atom is -0.318 e. The second kappa shape index (κ2) is 4.64. The fraction of sp³-hybridized carbons (Fsp3) is 0.429. The SMILES string of the molecule is CC(C)(C)N1CCN(c2cc(C=O)ccc2F)C1=O. The summed E-state index contributed by atoms with van der Waals surface area (Å²) < 4.78 is 13.8. The van der Waals surface area contributed by atoms with Crippen molar-refractivity contribution in [1.29, 1.82) is 0 Å². The summed E-state index contributed by atoms with van der Waals surface area (Å²) in [5.41, 5.74) is 0.227. The Labute approximate surface area is 111 Å². The van der Waals surface area contributed by atoms with Gasteiger partial charge >= 0.3 is 6.03 Å². The van der Waals surface area contributed by atoms with Crippen LogP contribution >= 0.6 is 0 Å². The number of benzene rings is 1. The molecule has 4 nitrogen and oxygen atoms in total. The van der Waals surface area contributed by atoms with Crippen molar-refractivity contribution in [3.8, 4) is 0 Å². The van der Waals surface area contributed by atoms with Crippen molar-refractivity contribution >= 4 is 18.0 Å². The van der Waals surface area contributed by atoms with Gasteiger partial charge in [-0.15, -0.1) is 0 Å². The maximum Gasteiger partial charge on any atom is 0.325 e. The number of nitrogens with zero attached hydrogens (tertiary/aromatic N) is 2. The van der Waals surface area contributed by atoms with Crippen LogP contribution in [0.15, 0.2) is 18.2 Å². The van der Waals surface area contributed by atoms with Crippen LogP contribution in [0.3, 0.4) is 0 Å². The van der Waals surface area contributed by atoms with Gasteiger partial charge in [0.25, 0.3) is 0 Å². The summed E-state index contributed by atoms with van der Waals surface area (Å²) in [6, 6.07) is 3.79. The molecule has 1 heterocycles. The van der Waals surface area contributed by atoms with Gasteiger partial charge in [-0.1, -0.05) is 0 Å². The lowest BCUT2D eigenvalue weighted by Crippen LogP contribution is -2.44. The van der Waals surface area contributed by atoms with Crippen LogP contribution < -0.4 is 4.90 Å². The normalized spacial score (nSPS) is 16.1. The highest BCUT2D eigenvalue weighted by molar-refractivity contribution is 5.95. The van der Waals surface area contributed by atoms with Crippen molar-refractivity contribution in [3.63, 3.8) is 0 Å². The second-order valence-corrected chi connectivity index (χ2v) is 5.59. The van der Waals surface area contributed by atoms with Gasteiger partial charge in [0.2, 0.25) is 0 Å². The molecule has 0 unspecified atom stereocenters. The van der Waals surface area contributed by atoms with E-state index in [4.69, 9.17) is 0 Å². The largest absolute Gasteiger partial charge is 0.325 e. The first-order chi connectivity index (χ1) is 8.84. The Hall–Kier alpha value is -1.91. The summed E-state index contributed by atoms with van der Waals surface area (Å²) in [5, 5.41) is 0. The van der Waals surface area contributed by atoms with Crippen molar-refractivity contribution in [3.05, 3.63) is 29.6 Å². The first-order valence-corrected chi connectivity index (χ1v) is 6.18. The molecular formula is C14H17FN2O2. The molecule has 0 radical (unpaired) electrons. The van der Waals surface area contributed by atoms with Crippen molar-refractivity contribution in [1.82, 2.24) is 4.90 Å². The minimum absolute atomic E-state index is 0.168. The van der Waals surface area contributed by atoms with Crippen LogP contribution in [0.25, 0.3) is 0 Å². The Kier molecular flexibility index (Phi) is 3.30. The van der Waals surface area contributed by atoms with Gasteiger partial charge in [0.05, 0.1) is 5.69 Å². The Balaban J connectivity index is 2.34. The van der Waals surface area contributed by atoms with Gasteiger partial charge in [-0.05, 0) is 39.0 Å². The molecule has 1 aliphatic rings. The highest BCUT2D eigenvalue weighted by atomic mass is 19.1. The molecule has 1 saturated heterocycles. The Morgan fingerprint density at radius 1 is 1.26 bits per heavy atom. The summed E-state index contributed by atoms with van der Waals surface area (Å²) in [7, 11) is 0. The van der Waals surface area contributed by atoms with Crippen LogP contribution in [0, 0.1) is 5.82 Å². The third kappa shape index (κ3) is 2.45. The zero-order valence-electron chi connectivity index (χ0n) is 11.3. The lowest BCUT2D eigenvalue weighted by Gasteiger charge is -2.31. The second-order valence-electron chi connectivity index (χ2n) is 5.59. The highest BCUT2D eigenvalue weighted by Crippen LogP contribution is 2.28. The van der Waals surface area contributed by atoms with Gasteiger partial charge < -0.3 is 4.90 Å². The average Bonchev–Trinajstić information content (AvgIpc) is 2.71. The Morgan fingerprint density at radius 2 is 1.95 bits per heavy atom. The predicted molar refractivity (Wildman–Crippen MR) is 71.0 cm³/mol. The van der Waals surface area contributed by atoms with E-state index in [1.165, 1.54) is 23.1 Å². The molecule has 0 spiro atoms. The van der Waals surface area contributed by atoms with Crippen LogP contribution in [0.1, 0.15) is 31.1 Å². The number of carbonyl (C=O) groups is 2. The van der Waals surface area contributed by atoms with E-state index in [1.807, 2.05) is 20.8 Å². The monoisotopic (exact) mass is 264 g/mol. The minimum atomic E-state index is -0.491. The van der Waals surface area contributed by atoms with Crippen molar-refractivity contribution in [2.45, 2.75) is 26.3 Å². The molecule has 0 aliphatic carbocycles. The molecule has 0 bridgehead atoms. The van der Waals surface area contributed by atoms with Crippen LogP contribution in [-0.4, -0.2) is 35.8 Å². The van der Waals surface area contributed by atoms with Gasteiger partial charge in [-0.2, -0.15) is 0 Å². The standard InChI is InChI=1S/C14H17FN2O2/c1-14(2,3)17-7-6-16(13(17)19)12-8-10(9-18)4-5-11(12)15/h4-5,8-9H,6-7H2,1-3H3. The van der Waals surface area contributed by atoms with E-state index in [0.29, 0.717) is 24.9 Å². The van der Waals surface area contributed by atoms with Gasteiger partial charge in [0, 0.05) is 24.2 Å². The smallest absolute Gasteiger partial charge is 0.318 e. The van der Waals surface area contributed by atoms with Crippen LogP contribution in [-0.2, 0) is 0 Å². The first-order valence-electron chi connectivity index (χ1n) is 6.18. The molecule has 5 heteroatoms. The molecule has 1 aromatic carbocycles. The van der Waals surface area contributed by atoms with Crippen LogP contribution in [0.4, 0.5) is 14.9 Å². The lowest BCUT2D eigenvalue weighted by atomic mass is 10.1. The zero-order valence-corrected chi connectivity index (χ0v) is 11.3. The number of anilines is 1. The molecule has 19 heavy (non-hydrogen) atoms. The molecule has 1 fully saturated rings. The molecular weight excluding hydrogens is 247 g/mol. The molecule has 2 amide bonds. The van der Waals surface area contributed by atoms with E-state index in [9.17, 15) is 14.0 Å². The third-order valence-corrected chi connectivity index (χ3v) is 3.22. The summed E-state index contributed by atoms with van der Waals surface area (Å²) in [6.45, 7) is 6.79. The summed E-state index contributed by atoms with van der Waals surface area (Å²) in [5.74, 6) is -0.491. The molecule has 102 valence electrons. The van der Waals surface area contributed by atoms with Crippen molar-refractivity contribution in [2.75, 3.05) is 18.0 Å². The lowest BCUT2D eigenvalue weighted by molar-refractivity contribution is 0.112. The quantitative estimate of drug-likeness (QED) is 0.770. The van der Waals surface area contributed by atoms with Crippen molar-refractivity contribution in [2.24, 2.45) is 0 Å². The maximum absolute atomic E-state index is 13.8. The number of hydrogen-bond donors (Lipinski definition) is 0. The first kappa shape index (κ1) is 13.5. The number of rotatable bonds is 2. The van der Waals surface area contributed by atoms with Crippen LogP contribution in [0.2, 0.25) is 0 Å². The summed E-state index contributed by atoms with van der Waals surface area (Å²) in [6.07, 6.45) is 0.644. The average molecular weight is 264 g/mol. The zero-order chi connectivity index (χ0) is 14.2. The summed E-state index contributed by atoms with van der Waals surface area (Å²) >= 11 is 0. The van der Waals surface area contributed by atoms with Crippen molar-refractivity contribution < 1.29 is 14.0 Å². The number of urea groups is 1. The van der Waals surface area contributed by atoms with Gasteiger partial charge in [0.1, 0.15) is 12.1 Å². The summed E-state index contributed by atoms with van der Waals surface area (Å²) in [4.78, 5) is 26.1. The molecule has 0 aromatic heterocycles. The number of amides is 2. The highest BCUT2D eigenvalue weighted by Gasteiger charge is 2.37. The molecule has 0 saturated carbocycles. The third-order valence-electron chi connectivity index (χ3n) is 3.22. The predicted octanol–water partition coefficient (Wildman–Crippen LogP) is 2.68. The molecule has 0 N–H and O–H groups in total.